The van der Waals surface area contributed by atoms with Gasteiger partial charge in [-0.25, -0.2) is 0 Å². The normalized spacial score (nSPS) is 12.0. The molecule has 0 aliphatic heterocycles. The lowest BCUT2D eigenvalue weighted by Gasteiger charge is -2.14. The number of hydrogen-bond donors (Lipinski definition) is 2. The van der Waals surface area contributed by atoms with E-state index < -0.39 is 6.10 Å². The molecule has 4 nitrogen and oxygen atoms in total. The third kappa shape index (κ3) is 4.11. The summed E-state index contributed by atoms with van der Waals surface area (Å²) in [6.07, 6.45) is -0.759. The van der Waals surface area contributed by atoms with Crippen molar-refractivity contribution in [3.8, 4) is 11.5 Å². The summed E-state index contributed by atoms with van der Waals surface area (Å²) in [4.78, 5) is 0. The maximum absolute atomic E-state index is 10.1. The first-order chi connectivity index (χ1) is 10.1. The molecule has 1 unspecified atom stereocenters. The summed E-state index contributed by atoms with van der Waals surface area (Å²) in [5, 5.41) is 10.6. The fourth-order valence-electron chi connectivity index (χ4n) is 1.90. The SMILES string of the molecule is COc1cccc(C(O)COc2ccc(CN)cc2Cl)c1. The van der Waals surface area contributed by atoms with Crippen molar-refractivity contribution in [1.29, 1.82) is 0 Å². The molecule has 2 aromatic rings. The number of halogens is 1. The van der Waals surface area contributed by atoms with Crippen LogP contribution in [0.5, 0.6) is 11.5 Å². The molecular formula is C16H18ClNO3. The lowest BCUT2D eigenvalue weighted by atomic mass is 10.1. The van der Waals surface area contributed by atoms with E-state index in [1.54, 1.807) is 25.3 Å². The molecule has 112 valence electrons. The van der Waals surface area contributed by atoms with Crippen LogP contribution >= 0.6 is 11.6 Å². The second kappa shape index (κ2) is 7.31. The van der Waals surface area contributed by atoms with E-state index in [0.717, 1.165) is 11.1 Å². The first-order valence-electron chi connectivity index (χ1n) is 6.57. The Labute approximate surface area is 129 Å². The zero-order valence-electron chi connectivity index (χ0n) is 11.8. The smallest absolute Gasteiger partial charge is 0.138 e. The number of nitrogens with two attached hydrogens (primary N) is 1. The van der Waals surface area contributed by atoms with E-state index in [-0.39, 0.29) is 6.61 Å². The minimum Gasteiger partial charge on any atom is -0.497 e. The van der Waals surface area contributed by atoms with Crippen LogP contribution < -0.4 is 15.2 Å². The largest absolute Gasteiger partial charge is 0.497 e. The van der Waals surface area contributed by atoms with Crippen LogP contribution in [-0.4, -0.2) is 18.8 Å². The molecule has 0 saturated heterocycles. The second-order valence-corrected chi connectivity index (χ2v) is 4.98. The number of methoxy groups -OCH3 is 1. The quantitative estimate of drug-likeness (QED) is 0.861. The van der Waals surface area contributed by atoms with Crippen LogP contribution in [0, 0.1) is 0 Å². The Kier molecular flexibility index (Phi) is 5.44. The molecule has 0 amide bonds. The van der Waals surface area contributed by atoms with Gasteiger partial charge in [0.2, 0.25) is 0 Å². The molecule has 0 aliphatic carbocycles. The van der Waals surface area contributed by atoms with Gasteiger partial charge in [-0.15, -0.1) is 0 Å². The van der Waals surface area contributed by atoms with Gasteiger partial charge in [-0.3, -0.25) is 0 Å². The number of aliphatic hydroxyl groups is 1. The summed E-state index contributed by atoms with van der Waals surface area (Å²) in [6.45, 7) is 0.529. The monoisotopic (exact) mass is 307 g/mol. The number of hydrogen-bond acceptors (Lipinski definition) is 4. The molecule has 0 fully saturated rings. The van der Waals surface area contributed by atoms with Gasteiger partial charge in [-0.2, -0.15) is 0 Å². The molecule has 0 saturated carbocycles. The van der Waals surface area contributed by atoms with Gasteiger partial charge in [0.15, 0.2) is 0 Å². The third-order valence-electron chi connectivity index (χ3n) is 3.11. The number of ether oxygens (including phenoxy) is 2. The Morgan fingerprint density at radius 2 is 2.05 bits per heavy atom. The first-order valence-corrected chi connectivity index (χ1v) is 6.95. The topological polar surface area (TPSA) is 64.7 Å². The Balaban J connectivity index is 2.01. The molecule has 3 N–H and O–H groups in total. The Hall–Kier alpha value is -1.75. The number of benzene rings is 2. The summed E-state index contributed by atoms with van der Waals surface area (Å²) >= 11 is 6.10. The molecule has 2 rings (SSSR count). The van der Waals surface area contributed by atoms with Crippen molar-refractivity contribution in [3.05, 3.63) is 58.6 Å². The average Bonchev–Trinajstić information content (AvgIpc) is 2.53. The minimum absolute atomic E-state index is 0.106. The molecule has 0 heterocycles. The van der Waals surface area contributed by atoms with Crippen molar-refractivity contribution in [2.24, 2.45) is 5.73 Å². The van der Waals surface area contributed by atoms with E-state index in [1.807, 2.05) is 24.3 Å². The second-order valence-electron chi connectivity index (χ2n) is 4.57. The maximum atomic E-state index is 10.1. The van der Waals surface area contributed by atoms with Gasteiger partial charge in [0, 0.05) is 6.54 Å². The minimum atomic E-state index is -0.759. The van der Waals surface area contributed by atoms with Crippen LogP contribution in [0.4, 0.5) is 0 Å². The van der Waals surface area contributed by atoms with Crippen LogP contribution in [0.15, 0.2) is 42.5 Å². The highest BCUT2D eigenvalue weighted by Gasteiger charge is 2.11. The summed E-state index contributed by atoms with van der Waals surface area (Å²) in [6, 6.07) is 12.6. The molecule has 21 heavy (non-hydrogen) atoms. The molecule has 2 aromatic carbocycles. The van der Waals surface area contributed by atoms with Crippen molar-refractivity contribution >= 4 is 11.6 Å². The van der Waals surface area contributed by atoms with Gasteiger partial charge >= 0.3 is 0 Å². The van der Waals surface area contributed by atoms with E-state index >= 15 is 0 Å². The fourth-order valence-corrected chi connectivity index (χ4v) is 2.16. The maximum Gasteiger partial charge on any atom is 0.138 e. The van der Waals surface area contributed by atoms with Crippen LogP contribution in [0.25, 0.3) is 0 Å². The van der Waals surface area contributed by atoms with Crippen LogP contribution in [0.3, 0.4) is 0 Å². The van der Waals surface area contributed by atoms with Crippen LogP contribution in [-0.2, 0) is 6.54 Å². The standard InChI is InChI=1S/C16H18ClNO3/c1-20-13-4-2-3-12(8-13)15(19)10-21-16-6-5-11(9-18)7-14(16)17/h2-8,15,19H,9-10,18H2,1H3. The predicted molar refractivity (Wildman–Crippen MR) is 82.8 cm³/mol. The van der Waals surface area contributed by atoms with E-state index in [9.17, 15) is 5.11 Å². The Morgan fingerprint density at radius 1 is 1.24 bits per heavy atom. The van der Waals surface area contributed by atoms with Crippen LogP contribution in [0.2, 0.25) is 5.02 Å². The van der Waals surface area contributed by atoms with E-state index in [4.69, 9.17) is 26.8 Å². The van der Waals surface area contributed by atoms with Crippen molar-refractivity contribution in [1.82, 2.24) is 0 Å². The lowest BCUT2D eigenvalue weighted by Crippen LogP contribution is -2.10. The molecule has 0 radical (unpaired) electrons. The Bertz CT molecular complexity index is 604. The number of aliphatic hydroxyl groups excluding tert-OH is 1. The summed E-state index contributed by atoms with van der Waals surface area (Å²) in [7, 11) is 1.58. The predicted octanol–water partition coefficient (Wildman–Crippen LogP) is 2.92. The average molecular weight is 308 g/mol. The summed E-state index contributed by atoms with van der Waals surface area (Å²) < 4.78 is 10.7. The lowest BCUT2D eigenvalue weighted by molar-refractivity contribution is 0.108. The zero-order chi connectivity index (χ0) is 15.2. The van der Waals surface area contributed by atoms with Gasteiger partial charge in [0.1, 0.15) is 24.2 Å². The first kappa shape index (κ1) is 15.6. The zero-order valence-corrected chi connectivity index (χ0v) is 12.5. The fraction of sp³-hybridized carbons (Fsp3) is 0.250. The summed E-state index contributed by atoms with van der Waals surface area (Å²) in [5.41, 5.74) is 7.20. The molecular weight excluding hydrogens is 290 g/mol. The van der Waals surface area contributed by atoms with Gasteiger partial charge in [-0.1, -0.05) is 29.8 Å². The third-order valence-corrected chi connectivity index (χ3v) is 3.40. The highest BCUT2D eigenvalue weighted by atomic mass is 35.5. The van der Waals surface area contributed by atoms with Crippen molar-refractivity contribution in [2.75, 3.05) is 13.7 Å². The molecule has 0 spiro atoms. The van der Waals surface area contributed by atoms with Crippen LogP contribution in [0.1, 0.15) is 17.2 Å². The number of rotatable bonds is 6. The van der Waals surface area contributed by atoms with Gasteiger partial charge in [0.25, 0.3) is 0 Å². The van der Waals surface area contributed by atoms with Crippen molar-refractivity contribution in [3.63, 3.8) is 0 Å². The molecule has 0 aromatic heterocycles. The molecule has 0 aliphatic rings. The van der Waals surface area contributed by atoms with Gasteiger partial charge in [0.05, 0.1) is 12.1 Å². The Morgan fingerprint density at radius 3 is 2.71 bits per heavy atom. The van der Waals surface area contributed by atoms with Crippen molar-refractivity contribution in [2.45, 2.75) is 12.6 Å². The van der Waals surface area contributed by atoms with Crippen molar-refractivity contribution < 1.29 is 14.6 Å². The molecule has 5 heteroatoms. The molecule has 0 bridgehead atoms. The summed E-state index contributed by atoms with van der Waals surface area (Å²) in [5.74, 6) is 1.22. The molecule has 1 atom stereocenters. The van der Waals surface area contributed by atoms with E-state index in [0.29, 0.717) is 23.1 Å². The van der Waals surface area contributed by atoms with E-state index in [1.165, 1.54) is 0 Å². The van der Waals surface area contributed by atoms with Gasteiger partial charge in [-0.05, 0) is 35.4 Å². The van der Waals surface area contributed by atoms with E-state index in [2.05, 4.69) is 0 Å². The highest BCUT2D eigenvalue weighted by molar-refractivity contribution is 6.32. The van der Waals surface area contributed by atoms with Gasteiger partial charge < -0.3 is 20.3 Å². The highest BCUT2D eigenvalue weighted by Crippen LogP contribution is 2.27.